The van der Waals surface area contributed by atoms with Gasteiger partial charge in [-0.05, 0) is 34.6 Å². The Kier molecular flexibility index (Phi) is 8.09. The number of nitrogens with zero attached hydrogens (tertiary/aromatic N) is 1. The summed E-state index contributed by atoms with van der Waals surface area (Å²) in [5.41, 5.74) is 4.62. The van der Waals surface area contributed by atoms with Crippen molar-refractivity contribution in [3.63, 3.8) is 0 Å². The zero-order valence-electron chi connectivity index (χ0n) is 19.4. The van der Waals surface area contributed by atoms with E-state index >= 15 is 0 Å². The van der Waals surface area contributed by atoms with Crippen LogP contribution in [0.15, 0.2) is 48.5 Å². The van der Waals surface area contributed by atoms with Crippen molar-refractivity contribution in [3.05, 3.63) is 59.7 Å². The van der Waals surface area contributed by atoms with Gasteiger partial charge in [-0.3, -0.25) is 9.59 Å². The van der Waals surface area contributed by atoms with Crippen LogP contribution in [0.5, 0.6) is 0 Å². The van der Waals surface area contributed by atoms with Crippen LogP contribution in [0, 0.1) is 5.92 Å². The first kappa shape index (κ1) is 24.3. The van der Waals surface area contributed by atoms with E-state index in [1.807, 2.05) is 38.1 Å². The second kappa shape index (κ2) is 11.0. The van der Waals surface area contributed by atoms with Gasteiger partial charge in [0, 0.05) is 38.4 Å². The van der Waals surface area contributed by atoms with Gasteiger partial charge in [0.15, 0.2) is 0 Å². The molecule has 2 aromatic carbocycles. The maximum absolute atomic E-state index is 12.6. The number of carboxylic acids is 1. The molecule has 33 heavy (non-hydrogen) atoms. The summed E-state index contributed by atoms with van der Waals surface area (Å²) >= 11 is 0. The number of hydrogen-bond donors (Lipinski definition) is 2. The second-order valence-corrected chi connectivity index (χ2v) is 8.84. The average Bonchev–Trinajstić information content (AvgIpc) is 3.10. The van der Waals surface area contributed by atoms with Gasteiger partial charge in [0.1, 0.15) is 6.61 Å². The fraction of sp³-hybridized carbons (Fsp3) is 0.423. The van der Waals surface area contributed by atoms with Gasteiger partial charge in [0.2, 0.25) is 5.91 Å². The average molecular weight is 453 g/mol. The zero-order valence-corrected chi connectivity index (χ0v) is 19.4. The molecular formula is C26H32N2O5. The maximum atomic E-state index is 12.6. The molecule has 2 aromatic rings. The summed E-state index contributed by atoms with van der Waals surface area (Å²) in [4.78, 5) is 37.3. The predicted octanol–water partition coefficient (Wildman–Crippen LogP) is 4.26. The van der Waals surface area contributed by atoms with Gasteiger partial charge in [-0.1, -0.05) is 62.4 Å². The summed E-state index contributed by atoms with van der Waals surface area (Å²) in [7, 11) is 1.65. The fourth-order valence-electron chi connectivity index (χ4n) is 4.18. The molecule has 7 heteroatoms. The number of aliphatic carboxylic acids is 1. The molecule has 1 atom stereocenters. The molecule has 0 aliphatic heterocycles. The standard InChI is InChI=1S/C26H32N2O5/c1-17(2)23(15-24(29)28(3)14-8-13-25(30)31)27-26(32)33-16-22-20-11-6-4-9-18(20)19-10-5-7-12-21(19)22/h4-7,9-12,17,22-23H,8,13-16H2,1-3H3,(H,27,32)(H,30,31)/t23-/m0/s1. The predicted molar refractivity (Wildman–Crippen MR) is 126 cm³/mol. The topological polar surface area (TPSA) is 95.9 Å². The molecule has 176 valence electrons. The van der Waals surface area contributed by atoms with Crippen LogP contribution in [0.1, 0.15) is 50.2 Å². The molecule has 0 saturated heterocycles. The number of rotatable bonds is 10. The van der Waals surface area contributed by atoms with Crippen LogP contribution in [0.25, 0.3) is 11.1 Å². The highest BCUT2D eigenvalue weighted by molar-refractivity contribution is 5.79. The Morgan fingerprint density at radius 1 is 1.03 bits per heavy atom. The SMILES string of the molecule is CC(C)[C@H](CC(=O)N(C)CCCC(=O)O)NC(=O)OCC1c2ccccc2-c2ccccc21. The summed E-state index contributed by atoms with van der Waals surface area (Å²) in [5.74, 6) is -1.02. The van der Waals surface area contributed by atoms with Crippen molar-refractivity contribution >= 4 is 18.0 Å². The van der Waals surface area contributed by atoms with Gasteiger partial charge < -0.3 is 20.1 Å². The van der Waals surface area contributed by atoms with Crippen molar-refractivity contribution in [3.8, 4) is 11.1 Å². The Morgan fingerprint density at radius 2 is 1.61 bits per heavy atom. The van der Waals surface area contributed by atoms with Crippen molar-refractivity contribution in [2.24, 2.45) is 5.92 Å². The van der Waals surface area contributed by atoms with Crippen LogP contribution < -0.4 is 5.32 Å². The molecule has 1 aliphatic rings. The van der Waals surface area contributed by atoms with Crippen LogP contribution >= 0.6 is 0 Å². The summed E-state index contributed by atoms with van der Waals surface area (Å²) in [5, 5.41) is 11.6. The Labute approximate surface area is 194 Å². The van der Waals surface area contributed by atoms with Crippen molar-refractivity contribution in [2.45, 2.75) is 45.1 Å². The normalized spacial score (nSPS) is 13.2. The smallest absolute Gasteiger partial charge is 0.407 e. The van der Waals surface area contributed by atoms with Crippen molar-refractivity contribution in [2.75, 3.05) is 20.2 Å². The minimum atomic E-state index is -0.882. The van der Waals surface area contributed by atoms with Gasteiger partial charge in [0.05, 0.1) is 0 Å². The monoisotopic (exact) mass is 452 g/mol. The third-order valence-electron chi connectivity index (χ3n) is 6.16. The first-order chi connectivity index (χ1) is 15.8. The number of carboxylic acid groups (broad SMARTS) is 1. The van der Waals surface area contributed by atoms with E-state index in [0.29, 0.717) is 13.0 Å². The molecule has 0 unspecified atom stereocenters. The summed E-state index contributed by atoms with van der Waals surface area (Å²) in [6.07, 6.45) is -0.00448. The molecule has 0 radical (unpaired) electrons. The Bertz CT molecular complexity index is 958. The molecule has 0 spiro atoms. The van der Waals surface area contributed by atoms with E-state index in [2.05, 4.69) is 29.6 Å². The molecule has 0 heterocycles. The van der Waals surface area contributed by atoms with Crippen LogP contribution in [0.2, 0.25) is 0 Å². The van der Waals surface area contributed by atoms with Gasteiger partial charge in [-0.25, -0.2) is 4.79 Å². The second-order valence-electron chi connectivity index (χ2n) is 8.84. The molecule has 0 bridgehead atoms. The Morgan fingerprint density at radius 3 is 2.15 bits per heavy atom. The lowest BCUT2D eigenvalue weighted by atomic mass is 9.98. The number of carbonyl (C=O) groups is 3. The largest absolute Gasteiger partial charge is 0.481 e. The van der Waals surface area contributed by atoms with E-state index in [-0.39, 0.29) is 43.2 Å². The van der Waals surface area contributed by atoms with E-state index in [1.54, 1.807) is 7.05 Å². The number of benzene rings is 2. The quantitative estimate of drug-likeness (QED) is 0.561. The molecule has 1 aliphatic carbocycles. The third-order valence-corrected chi connectivity index (χ3v) is 6.16. The van der Waals surface area contributed by atoms with E-state index in [9.17, 15) is 14.4 Å². The number of nitrogens with one attached hydrogen (secondary N) is 1. The Hall–Kier alpha value is -3.35. The zero-order chi connectivity index (χ0) is 24.0. The van der Waals surface area contributed by atoms with E-state index in [4.69, 9.17) is 9.84 Å². The molecule has 7 nitrogen and oxygen atoms in total. The van der Waals surface area contributed by atoms with Crippen LogP contribution in [-0.4, -0.2) is 54.2 Å². The Balaban J connectivity index is 1.56. The molecule has 0 aromatic heterocycles. The van der Waals surface area contributed by atoms with Gasteiger partial charge in [0.25, 0.3) is 0 Å². The summed E-state index contributed by atoms with van der Waals surface area (Å²) in [6, 6.07) is 15.9. The first-order valence-corrected chi connectivity index (χ1v) is 11.3. The number of amides is 2. The van der Waals surface area contributed by atoms with Crippen molar-refractivity contribution in [1.82, 2.24) is 10.2 Å². The van der Waals surface area contributed by atoms with Crippen LogP contribution in [0.4, 0.5) is 4.79 Å². The van der Waals surface area contributed by atoms with E-state index < -0.39 is 12.1 Å². The van der Waals surface area contributed by atoms with Crippen molar-refractivity contribution in [1.29, 1.82) is 0 Å². The maximum Gasteiger partial charge on any atom is 0.407 e. The minimum Gasteiger partial charge on any atom is -0.481 e. The first-order valence-electron chi connectivity index (χ1n) is 11.3. The van der Waals surface area contributed by atoms with Crippen LogP contribution in [-0.2, 0) is 14.3 Å². The van der Waals surface area contributed by atoms with Gasteiger partial charge in [-0.2, -0.15) is 0 Å². The molecule has 0 fully saturated rings. The lowest BCUT2D eigenvalue weighted by Crippen LogP contribution is -2.43. The highest BCUT2D eigenvalue weighted by Crippen LogP contribution is 2.44. The summed E-state index contributed by atoms with van der Waals surface area (Å²) in [6.45, 7) is 4.45. The van der Waals surface area contributed by atoms with Crippen LogP contribution in [0.3, 0.4) is 0 Å². The number of ether oxygens (including phenoxy) is 1. The number of alkyl carbamates (subject to hydrolysis) is 1. The lowest BCUT2D eigenvalue weighted by molar-refractivity contribution is -0.138. The van der Waals surface area contributed by atoms with Crippen molar-refractivity contribution < 1.29 is 24.2 Å². The molecule has 0 saturated carbocycles. The molecular weight excluding hydrogens is 420 g/mol. The minimum absolute atomic E-state index is 0.0171. The highest BCUT2D eigenvalue weighted by atomic mass is 16.5. The number of fused-ring (bicyclic) bond motifs is 3. The van der Waals surface area contributed by atoms with E-state index in [1.165, 1.54) is 16.0 Å². The highest BCUT2D eigenvalue weighted by Gasteiger charge is 2.29. The number of carbonyl (C=O) groups excluding carboxylic acids is 2. The number of hydrogen-bond acceptors (Lipinski definition) is 4. The lowest BCUT2D eigenvalue weighted by Gasteiger charge is -2.25. The third kappa shape index (κ3) is 6.12. The van der Waals surface area contributed by atoms with Gasteiger partial charge >= 0.3 is 12.1 Å². The van der Waals surface area contributed by atoms with E-state index in [0.717, 1.165) is 11.1 Å². The fourth-order valence-corrected chi connectivity index (χ4v) is 4.18. The molecule has 3 rings (SSSR count). The molecule has 2 amide bonds. The van der Waals surface area contributed by atoms with Gasteiger partial charge in [-0.15, -0.1) is 0 Å². The summed E-state index contributed by atoms with van der Waals surface area (Å²) < 4.78 is 5.61. The molecule has 2 N–H and O–H groups in total.